The van der Waals surface area contributed by atoms with E-state index in [4.69, 9.17) is 54.6 Å². The average molecular weight is 649 g/mol. The second-order valence-corrected chi connectivity index (χ2v) is 21.9. The van der Waals surface area contributed by atoms with Crippen LogP contribution in [0.4, 0.5) is 0 Å². The molecule has 6 nitrogen and oxygen atoms in total. The average Bonchev–Trinajstić information content (AvgIpc) is 2.90. The molecule has 0 aliphatic carbocycles. The summed E-state index contributed by atoms with van der Waals surface area (Å²) in [5.41, 5.74) is 1.39. The van der Waals surface area contributed by atoms with Crippen LogP contribution in [0.15, 0.2) is 72.8 Å². The van der Waals surface area contributed by atoms with Crippen LogP contribution in [0, 0.1) is 0 Å². The molecule has 0 fully saturated rings. The van der Waals surface area contributed by atoms with Gasteiger partial charge >= 0.3 is 67.5 Å². The summed E-state index contributed by atoms with van der Waals surface area (Å²) in [5.74, 6) is -1.20. The number of carbonyl (C=O) groups excluding carboxylic acids is 3. The van der Waals surface area contributed by atoms with Crippen LogP contribution in [0.1, 0.15) is 31.1 Å². The molecule has 3 aromatic carbocycles. The first-order chi connectivity index (χ1) is 17.3. The summed E-state index contributed by atoms with van der Waals surface area (Å²) in [4.78, 5) is 35.6. The van der Waals surface area contributed by atoms with Crippen molar-refractivity contribution in [3.05, 3.63) is 89.5 Å². The maximum absolute atomic E-state index is 11.9. The van der Waals surface area contributed by atoms with Gasteiger partial charge in [-0.3, -0.25) is 0 Å². The molecule has 37 heavy (non-hydrogen) atoms. The van der Waals surface area contributed by atoms with Crippen molar-refractivity contribution in [3.8, 4) is 0 Å². The summed E-state index contributed by atoms with van der Waals surface area (Å²) in [5, 5.41) is 3.09. The molecule has 0 amide bonds. The molecule has 0 aromatic heterocycles. The molecular weight excluding hydrogens is 625 g/mol. The molecule has 201 valence electrons. The molecule has 0 saturated carbocycles. The van der Waals surface area contributed by atoms with Gasteiger partial charge in [0.25, 0.3) is 0 Å². The predicted molar refractivity (Wildman–Crippen MR) is 149 cm³/mol. The number of carbonyl (C=O) groups is 3. The zero-order valence-electron chi connectivity index (χ0n) is 20.2. The number of halogens is 4. The zero-order chi connectivity index (χ0) is 27.8. The van der Waals surface area contributed by atoms with E-state index in [1.54, 1.807) is 36.4 Å². The normalized spacial score (nSPS) is 11.5. The van der Waals surface area contributed by atoms with Gasteiger partial charge in [-0.15, -0.1) is 0 Å². The van der Waals surface area contributed by atoms with E-state index < -0.39 is 34.4 Å². The second kappa shape index (κ2) is 13.8. The summed E-state index contributed by atoms with van der Waals surface area (Å²) < 4.78 is 14.4. The van der Waals surface area contributed by atoms with E-state index in [2.05, 4.69) is 6.66 Å². The topological polar surface area (TPSA) is 78.9 Å². The quantitative estimate of drug-likeness (QED) is 0.147. The van der Waals surface area contributed by atoms with Gasteiger partial charge < -0.3 is 14.2 Å². The minimum absolute atomic E-state index is 0.401. The van der Waals surface area contributed by atoms with E-state index in [1.165, 1.54) is 21.3 Å². The van der Waals surface area contributed by atoms with Crippen molar-refractivity contribution >= 4 is 81.5 Å². The fourth-order valence-electron chi connectivity index (χ4n) is 3.49. The third kappa shape index (κ3) is 8.59. The molecule has 3 aromatic rings. The Morgan fingerprint density at radius 3 is 0.892 bits per heavy atom. The van der Waals surface area contributed by atoms with E-state index in [0.29, 0.717) is 16.7 Å². The standard InChI is InChI=1S/C25H24O6P.4ClH.Fe/c1-29-23(26)17-5-11-20(12-6-17)32(4,21-13-7-18(8-14-21)24(27)30-2)22-15-9-19(10-16-22)25(28)31-3;;;;;/h5-16H,1-4H3;4*1H;/q+1;;;;;+3/p-4. The summed E-state index contributed by atoms with van der Waals surface area (Å²) in [6.45, 7) is 2.15. The zero-order valence-corrected chi connectivity index (χ0v) is 25.2. The third-order valence-electron chi connectivity index (χ3n) is 5.41. The van der Waals surface area contributed by atoms with Crippen LogP contribution in [0.2, 0.25) is 0 Å². The summed E-state index contributed by atoms with van der Waals surface area (Å²) in [7, 11) is 19.1. The van der Waals surface area contributed by atoms with Crippen LogP contribution in [0.25, 0.3) is 0 Å². The SMILES string of the molecule is COC(=O)c1ccc([P+](C)(c2ccc(C(=O)OC)cc2)c2ccc(C(=O)OC)cc2)cc1.[Cl][Fe-]([Cl])([Cl])[Cl]. The van der Waals surface area contributed by atoms with E-state index in [-0.39, 0.29) is 0 Å². The fourth-order valence-corrected chi connectivity index (χ4v) is 6.62. The van der Waals surface area contributed by atoms with Gasteiger partial charge in [0.05, 0.1) is 44.7 Å². The molecule has 0 spiro atoms. The summed E-state index contributed by atoms with van der Waals surface area (Å²) >= 11 is 0. The monoisotopic (exact) mass is 647 g/mol. The molecule has 0 unspecified atom stereocenters. The van der Waals surface area contributed by atoms with Crippen LogP contribution in [-0.4, -0.2) is 45.9 Å². The first-order valence-corrected chi connectivity index (χ1v) is 18.6. The van der Waals surface area contributed by atoms with Crippen molar-refractivity contribution in [1.82, 2.24) is 0 Å². The van der Waals surface area contributed by atoms with Crippen LogP contribution >= 0.6 is 47.7 Å². The second-order valence-electron chi connectivity index (χ2n) is 7.42. The summed E-state index contributed by atoms with van der Waals surface area (Å²) in [6.07, 6.45) is 0. The van der Waals surface area contributed by atoms with Gasteiger partial charge in [-0.05, 0) is 72.8 Å². The van der Waals surface area contributed by atoms with Gasteiger partial charge in [0, 0.05) is 0 Å². The molecule has 0 bridgehead atoms. The number of esters is 3. The molecule has 12 heteroatoms. The van der Waals surface area contributed by atoms with Crippen molar-refractivity contribution in [2.75, 3.05) is 28.0 Å². The molecule has 0 heterocycles. The van der Waals surface area contributed by atoms with Gasteiger partial charge in [0.1, 0.15) is 23.2 Å². The van der Waals surface area contributed by atoms with E-state index in [9.17, 15) is 14.4 Å². The van der Waals surface area contributed by atoms with Gasteiger partial charge in [-0.1, -0.05) is 0 Å². The van der Waals surface area contributed by atoms with Crippen LogP contribution in [-0.2, 0) is 23.4 Å². The van der Waals surface area contributed by atoms with Crippen LogP contribution < -0.4 is 15.9 Å². The Morgan fingerprint density at radius 2 is 0.730 bits per heavy atom. The number of methoxy groups -OCH3 is 3. The van der Waals surface area contributed by atoms with Crippen LogP contribution in [0.5, 0.6) is 0 Å². The Bertz CT molecular complexity index is 1080. The van der Waals surface area contributed by atoms with E-state index in [0.717, 1.165) is 15.9 Å². The minimum atomic E-state index is -2.61. The molecule has 0 atom stereocenters. The van der Waals surface area contributed by atoms with E-state index >= 15 is 0 Å². The Morgan fingerprint density at radius 1 is 0.541 bits per heavy atom. The first kappa shape index (κ1) is 31.4. The number of hydrogen-bond donors (Lipinski definition) is 0. The Labute approximate surface area is 235 Å². The van der Waals surface area contributed by atoms with Crippen molar-refractivity contribution in [3.63, 3.8) is 0 Å². The van der Waals surface area contributed by atoms with Gasteiger partial charge in [0.15, 0.2) is 0 Å². The molecule has 0 aliphatic heterocycles. The number of rotatable bonds is 6. The van der Waals surface area contributed by atoms with Crippen molar-refractivity contribution in [2.24, 2.45) is 0 Å². The first-order valence-electron chi connectivity index (χ1n) is 10.3. The van der Waals surface area contributed by atoms with Crippen LogP contribution in [0.3, 0.4) is 0 Å². The van der Waals surface area contributed by atoms with Gasteiger partial charge in [-0.25, -0.2) is 14.4 Å². The Balaban J connectivity index is 0.000000877. The number of hydrogen-bond acceptors (Lipinski definition) is 6. The fraction of sp³-hybridized carbons (Fsp3) is 0.160. The summed E-state index contributed by atoms with van der Waals surface area (Å²) in [6, 6.07) is 22.0. The molecule has 0 radical (unpaired) electrons. The molecule has 3 rings (SSSR count). The molecule has 0 N–H and O–H groups in total. The van der Waals surface area contributed by atoms with Crippen molar-refractivity contribution in [1.29, 1.82) is 0 Å². The maximum atomic E-state index is 11.9. The van der Waals surface area contributed by atoms with Gasteiger partial charge in [-0.2, -0.15) is 0 Å². The van der Waals surface area contributed by atoms with Crippen molar-refractivity contribution in [2.45, 2.75) is 0 Å². The number of benzene rings is 3. The third-order valence-corrected chi connectivity index (χ3v) is 9.41. The Kier molecular flexibility index (Phi) is 11.7. The van der Waals surface area contributed by atoms with Gasteiger partial charge in [0.2, 0.25) is 0 Å². The molecule has 0 aliphatic rings. The Hall–Kier alpha value is -1.82. The molecular formula is C25H24Cl4FeO6P. The predicted octanol–water partition coefficient (Wildman–Crippen LogP) is 5.73. The van der Waals surface area contributed by atoms with Crippen molar-refractivity contribution < 1.29 is 37.8 Å². The number of ether oxygens (including phenoxy) is 3. The molecule has 0 saturated heterocycles. The van der Waals surface area contributed by atoms with E-state index in [1.807, 2.05) is 36.4 Å².